The van der Waals surface area contributed by atoms with Gasteiger partial charge in [-0.05, 0) is 39.8 Å². The molecule has 0 fully saturated rings. The van der Waals surface area contributed by atoms with Crippen molar-refractivity contribution in [1.82, 2.24) is 4.98 Å². The summed E-state index contributed by atoms with van der Waals surface area (Å²) in [5.74, 6) is 0.155. The Hall–Kier alpha value is -1.13. The van der Waals surface area contributed by atoms with Gasteiger partial charge in [0.1, 0.15) is 0 Å². The highest BCUT2D eigenvalue weighted by atomic mass is 35.5. The van der Waals surface area contributed by atoms with Gasteiger partial charge in [0, 0.05) is 11.7 Å². The van der Waals surface area contributed by atoms with Gasteiger partial charge < -0.3 is 11.1 Å². The summed E-state index contributed by atoms with van der Waals surface area (Å²) in [6, 6.07) is 3.38. The van der Waals surface area contributed by atoms with E-state index in [1.807, 2.05) is 13.8 Å². The largest absolute Gasteiger partial charge is 0.325 e. The summed E-state index contributed by atoms with van der Waals surface area (Å²) in [6.07, 6.45) is 1.57. The summed E-state index contributed by atoms with van der Waals surface area (Å²) < 4.78 is 0. The summed E-state index contributed by atoms with van der Waals surface area (Å²) in [7, 11) is 0. The van der Waals surface area contributed by atoms with Gasteiger partial charge in [-0.15, -0.1) is 0 Å². The van der Waals surface area contributed by atoms with Crippen molar-refractivity contribution >= 4 is 23.3 Å². The Morgan fingerprint density at radius 3 is 2.47 bits per heavy atom. The fraction of sp³-hybridized carbons (Fsp3) is 0.500. The van der Waals surface area contributed by atoms with Crippen LogP contribution in [-0.4, -0.2) is 16.4 Å². The number of carbonyl (C=O) groups excluding carboxylic acids is 1. The third-order valence-corrected chi connectivity index (χ3v) is 3.47. The number of nitrogens with two attached hydrogens (primary N) is 1. The van der Waals surface area contributed by atoms with Gasteiger partial charge in [-0.25, -0.2) is 4.98 Å². The normalized spacial score (nSPS) is 12.4. The number of nitrogens with one attached hydrogen (secondary N) is 1. The van der Waals surface area contributed by atoms with Crippen LogP contribution in [-0.2, 0) is 4.79 Å². The number of halogens is 1. The first-order valence-electron chi connectivity index (χ1n) is 5.37. The van der Waals surface area contributed by atoms with E-state index < -0.39 is 11.0 Å². The van der Waals surface area contributed by atoms with Gasteiger partial charge >= 0.3 is 0 Å². The number of carbonyl (C=O) groups is 1. The summed E-state index contributed by atoms with van der Waals surface area (Å²) in [5, 5.41) is 3.10. The van der Waals surface area contributed by atoms with Crippen molar-refractivity contribution in [2.45, 2.75) is 33.2 Å². The third-order valence-electron chi connectivity index (χ3n) is 3.17. The highest BCUT2D eigenvalue weighted by Crippen LogP contribution is 2.30. The molecule has 0 aliphatic carbocycles. The predicted octanol–water partition coefficient (Wildman–Crippen LogP) is 2.44. The molecule has 3 N–H and O–H groups in total. The lowest BCUT2D eigenvalue weighted by Gasteiger charge is -2.36. The van der Waals surface area contributed by atoms with Gasteiger partial charge in [-0.3, -0.25) is 4.79 Å². The number of anilines is 1. The van der Waals surface area contributed by atoms with E-state index in [0.29, 0.717) is 10.8 Å². The van der Waals surface area contributed by atoms with E-state index in [1.54, 1.807) is 32.2 Å². The smallest absolute Gasteiger partial charge is 0.233 e. The van der Waals surface area contributed by atoms with Gasteiger partial charge in [-0.2, -0.15) is 0 Å². The van der Waals surface area contributed by atoms with Crippen molar-refractivity contribution < 1.29 is 4.79 Å². The van der Waals surface area contributed by atoms with Crippen LogP contribution >= 0.6 is 11.6 Å². The first-order valence-corrected chi connectivity index (χ1v) is 5.75. The molecule has 0 aliphatic heterocycles. The van der Waals surface area contributed by atoms with Crippen molar-refractivity contribution in [2.24, 2.45) is 11.1 Å². The van der Waals surface area contributed by atoms with Crippen molar-refractivity contribution in [3.8, 4) is 0 Å². The minimum Gasteiger partial charge on any atom is -0.325 e. The topological polar surface area (TPSA) is 68.0 Å². The Balaban J connectivity index is 2.91. The molecule has 0 atom stereocenters. The number of hydrogen-bond acceptors (Lipinski definition) is 3. The van der Waals surface area contributed by atoms with Crippen LogP contribution in [0.1, 0.15) is 27.7 Å². The maximum absolute atomic E-state index is 12.1. The molecule has 0 spiro atoms. The average Bonchev–Trinajstić information content (AvgIpc) is 2.19. The van der Waals surface area contributed by atoms with E-state index in [9.17, 15) is 4.79 Å². The summed E-state index contributed by atoms with van der Waals surface area (Å²) in [6.45, 7) is 7.21. The number of nitrogens with zero attached hydrogens (tertiary/aromatic N) is 1. The maximum atomic E-state index is 12.1. The zero-order chi connectivity index (χ0) is 13.3. The standard InChI is InChI=1S/C12H18ClN3O/c1-11(2,12(3,4)14)10(17)16-9-8(13)6-5-7-15-9/h5-7H,14H2,1-4H3,(H,15,16,17). The molecule has 1 aromatic rings. The maximum Gasteiger partial charge on any atom is 0.233 e. The molecule has 0 saturated carbocycles. The molecular formula is C12H18ClN3O. The predicted molar refractivity (Wildman–Crippen MR) is 69.9 cm³/mol. The van der Waals surface area contributed by atoms with Crippen molar-refractivity contribution in [2.75, 3.05) is 5.32 Å². The minimum absolute atomic E-state index is 0.203. The second-order valence-electron chi connectivity index (χ2n) is 5.13. The molecule has 5 heteroatoms. The number of amides is 1. The Morgan fingerprint density at radius 2 is 2.00 bits per heavy atom. The van der Waals surface area contributed by atoms with Crippen LogP contribution in [0.5, 0.6) is 0 Å². The quantitative estimate of drug-likeness (QED) is 0.872. The first-order chi connectivity index (χ1) is 7.66. The van der Waals surface area contributed by atoms with Crippen molar-refractivity contribution in [3.63, 3.8) is 0 Å². The molecular weight excluding hydrogens is 238 g/mol. The van der Waals surface area contributed by atoms with Gasteiger partial charge in [0.05, 0.1) is 10.4 Å². The number of pyridine rings is 1. The molecule has 0 aliphatic rings. The highest BCUT2D eigenvalue weighted by molar-refractivity contribution is 6.33. The molecule has 0 bridgehead atoms. The molecule has 17 heavy (non-hydrogen) atoms. The molecule has 1 aromatic heterocycles. The summed E-state index contributed by atoms with van der Waals surface area (Å²) in [4.78, 5) is 16.2. The second kappa shape index (κ2) is 4.63. The summed E-state index contributed by atoms with van der Waals surface area (Å²) in [5.41, 5.74) is 4.62. The highest BCUT2D eigenvalue weighted by Gasteiger charge is 2.40. The van der Waals surface area contributed by atoms with Gasteiger partial charge in [0.25, 0.3) is 0 Å². The Bertz CT molecular complexity index is 424. The SMILES string of the molecule is CC(C)(N)C(C)(C)C(=O)Nc1ncccc1Cl. The molecule has 1 amide bonds. The fourth-order valence-electron chi connectivity index (χ4n) is 1.03. The summed E-state index contributed by atoms with van der Waals surface area (Å²) >= 11 is 5.92. The van der Waals surface area contributed by atoms with Crippen molar-refractivity contribution in [1.29, 1.82) is 0 Å². The van der Waals surface area contributed by atoms with Crippen molar-refractivity contribution in [3.05, 3.63) is 23.4 Å². The molecule has 0 unspecified atom stereocenters. The lowest BCUT2D eigenvalue weighted by Crippen LogP contribution is -2.53. The molecule has 0 radical (unpaired) electrons. The van der Waals surface area contributed by atoms with Gasteiger partial charge in [0.2, 0.25) is 5.91 Å². The van der Waals surface area contributed by atoms with Crippen LogP contribution < -0.4 is 11.1 Å². The van der Waals surface area contributed by atoms with E-state index >= 15 is 0 Å². The number of rotatable bonds is 3. The molecule has 4 nitrogen and oxygen atoms in total. The van der Waals surface area contributed by atoms with E-state index in [4.69, 9.17) is 17.3 Å². The molecule has 1 heterocycles. The average molecular weight is 256 g/mol. The third kappa shape index (κ3) is 2.96. The van der Waals surface area contributed by atoms with Crippen LogP contribution in [0.15, 0.2) is 18.3 Å². The van der Waals surface area contributed by atoms with E-state index in [0.717, 1.165) is 0 Å². The molecule has 0 aromatic carbocycles. The molecule has 0 saturated heterocycles. The van der Waals surface area contributed by atoms with Crippen LogP contribution in [0.25, 0.3) is 0 Å². The number of aromatic nitrogens is 1. The van der Waals surface area contributed by atoms with Crippen LogP contribution in [0.4, 0.5) is 5.82 Å². The van der Waals surface area contributed by atoms with Gasteiger partial charge in [0.15, 0.2) is 5.82 Å². The zero-order valence-electron chi connectivity index (χ0n) is 10.5. The lowest BCUT2D eigenvalue weighted by atomic mass is 9.74. The Labute approximate surface area is 107 Å². The monoisotopic (exact) mass is 255 g/mol. The first kappa shape index (κ1) is 13.9. The fourth-order valence-corrected chi connectivity index (χ4v) is 1.20. The lowest BCUT2D eigenvalue weighted by molar-refractivity contribution is -0.126. The van der Waals surface area contributed by atoms with E-state index in [-0.39, 0.29) is 5.91 Å². The molecule has 1 rings (SSSR count). The van der Waals surface area contributed by atoms with Crippen LogP contribution in [0.2, 0.25) is 5.02 Å². The van der Waals surface area contributed by atoms with E-state index in [1.165, 1.54) is 0 Å². The Kier molecular flexibility index (Phi) is 3.79. The molecule has 94 valence electrons. The van der Waals surface area contributed by atoms with E-state index in [2.05, 4.69) is 10.3 Å². The van der Waals surface area contributed by atoms with Crippen LogP contribution in [0, 0.1) is 5.41 Å². The Morgan fingerprint density at radius 1 is 1.41 bits per heavy atom. The van der Waals surface area contributed by atoms with Crippen LogP contribution in [0.3, 0.4) is 0 Å². The minimum atomic E-state index is -0.728. The van der Waals surface area contributed by atoms with Gasteiger partial charge in [-0.1, -0.05) is 11.6 Å². The zero-order valence-corrected chi connectivity index (χ0v) is 11.3. The second-order valence-corrected chi connectivity index (χ2v) is 5.54. The number of hydrogen-bond donors (Lipinski definition) is 2.